The van der Waals surface area contributed by atoms with Crippen molar-refractivity contribution in [1.82, 2.24) is 14.5 Å². The fourth-order valence-corrected chi connectivity index (χ4v) is 6.35. The van der Waals surface area contributed by atoms with Crippen molar-refractivity contribution in [3.05, 3.63) is 40.7 Å². The second-order valence-electron chi connectivity index (χ2n) is 8.56. The molecule has 3 rings (SSSR count). The van der Waals surface area contributed by atoms with Gasteiger partial charge >= 0.3 is 0 Å². The molecule has 0 unspecified atom stereocenters. The molecule has 2 heterocycles. The molecule has 0 radical (unpaired) electrons. The number of halogens is 1. The number of rotatable bonds is 7. The highest BCUT2D eigenvalue weighted by Crippen LogP contribution is 2.29. The van der Waals surface area contributed by atoms with Crippen molar-refractivity contribution in [1.29, 1.82) is 0 Å². The average molecular weight is 534 g/mol. The van der Waals surface area contributed by atoms with Crippen molar-refractivity contribution in [2.45, 2.75) is 44.0 Å². The number of piperidine rings is 1. The molecule has 0 spiro atoms. The van der Waals surface area contributed by atoms with E-state index in [9.17, 15) is 26.4 Å². The number of carbonyl (C=O) groups is 2. The van der Waals surface area contributed by atoms with Gasteiger partial charge in [0.15, 0.2) is 0 Å². The Bertz CT molecular complexity index is 1210. The minimum atomic E-state index is -4.14. The monoisotopic (exact) mass is 533 g/mol. The second kappa shape index (κ2) is 10.2. The third kappa shape index (κ3) is 6.09. The lowest BCUT2D eigenvalue weighted by Gasteiger charge is -2.35. The van der Waals surface area contributed by atoms with Crippen LogP contribution < -0.4 is 5.32 Å². The molecule has 188 valence electrons. The summed E-state index contributed by atoms with van der Waals surface area (Å²) >= 11 is 6.11. The van der Waals surface area contributed by atoms with Crippen molar-refractivity contribution in [3.8, 4) is 0 Å². The van der Waals surface area contributed by atoms with Crippen molar-refractivity contribution < 1.29 is 30.6 Å². The largest absolute Gasteiger partial charge is 0.343 e. The summed E-state index contributed by atoms with van der Waals surface area (Å²) in [6, 6.07) is 1.76. The maximum atomic E-state index is 13.4. The van der Waals surface area contributed by atoms with Crippen LogP contribution in [0, 0.1) is 19.8 Å². The maximum Gasteiger partial charge on any atom is 0.264 e. The Balaban J connectivity index is 1.73. The van der Waals surface area contributed by atoms with Crippen LogP contribution in [-0.4, -0.2) is 69.8 Å². The Morgan fingerprint density at radius 2 is 1.79 bits per heavy atom. The van der Waals surface area contributed by atoms with E-state index in [-0.39, 0.29) is 29.7 Å². The molecule has 2 aliphatic heterocycles. The predicted molar refractivity (Wildman–Crippen MR) is 126 cm³/mol. The van der Waals surface area contributed by atoms with Crippen LogP contribution >= 0.6 is 11.6 Å². The molecule has 13 heteroatoms. The average Bonchev–Trinajstić information content (AvgIpc) is 2.75. The SMILES string of the molecule is Cc1cc(S(=O)(=O)N2C=CNC(=O)[C@H]2CC(=O)N2CCC(COS(C)(=O)=O)CC2)c(C)cc1Cl. The predicted octanol–water partition coefficient (Wildman–Crippen LogP) is 1.52. The van der Waals surface area contributed by atoms with Crippen LogP contribution in [0.5, 0.6) is 0 Å². The first-order valence-corrected chi connectivity index (χ1v) is 14.3. The molecule has 1 aromatic carbocycles. The summed E-state index contributed by atoms with van der Waals surface area (Å²) in [5.41, 5.74) is 1.00. The molecule has 1 N–H and O–H groups in total. The standard InChI is InChI=1S/C21H28ClN3O7S2/c1-14-11-19(15(2)10-17(14)22)34(30,31)25-9-6-23-21(27)18(25)12-20(26)24-7-4-16(5-8-24)13-32-33(3,28)29/h6,9-11,16,18H,4-5,7-8,12-13H2,1-3H3,(H,23,27)/t18-/m1/s1. The van der Waals surface area contributed by atoms with Crippen LogP contribution in [0.4, 0.5) is 0 Å². The van der Waals surface area contributed by atoms with Gasteiger partial charge in [-0.25, -0.2) is 8.42 Å². The maximum absolute atomic E-state index is 13.4. The molecule has 0 aliphatic carbocycles. The summed E-state index contributed by atoms with van der Waals surface area (Å²) in [6.07, 6.45) is 4.22. The van der Waals surface area contributed by atoms with Crippen molar-refractivity contribution in [2.24, 2.45) is 5.92 Å². The lowest BCUT2D eigenvalue weighted by atomic mass is 9.97. The highest BCUT2D eigenvalue weighted by molar-refractivity contribution is 7.89. The van der Waals surface area contributed by atoms with E-state index >= 15 is 0 Å². The molecule has 1 atom stereocenters. The smallest absolute Gasteiger partial charge is 0.264 e. The van der Waals surface area contributed by atoms with E-state index in [0.717, 1.165) is 10.6 Å². The number of hydrogen-bond donors (Lipinski definition) is 1. The molecular weight excluding hydrogens is 506 g/mol. The molecule has 0 saturated carbocycles. The zero-order chi connectivity index (χ0) is 25.3. The third-order valence-electron chi connectivity index (χ3n) is 5.92. The topological polar surface area (TPSA) is 130 Å². The summed E-state index contributed by atoms with van der Waals surface area (Å²) in [4.78, 5) is 27.1. The van der Waals surface area contributed by atoms with E-state index in [1.807, 2.05) is 0 Å². The van der Waals surface area contributed by atoms with E-state index in [4.69, 9.17) is 15.8 Å². The number of sulfonamides is 1. The fraction of sp³-hybridized carbons (Fsp3) is 0.524. The Morgan fingerprint density at radius 1 is 1.15 bits per heavy atom. The van der Waals surface area contributed by atoms with Gasteiger partial charge in [0.2, 0.25) is 11.8 Å². The fourth-order valence-electron chi connectivity index (χ4n) is 3.95. The lowest BCUT2D eigenvalue weighted by molar-refractivity contribution is -0.137. The van der Waals surface area contributed by atoms with E-state index < -0.39 is 32.1 Å². The van der Waals surface area contributed by atoms with Gasteiger partial charge in [-0.1, -0.05) is 11.6 Å². The highest BCUT2D eigenvalue weighted by Gasteiger charge is 2.39. The Labute approximate surface area is 205 Å². The number of aryl methyl sites for hydroxylation is 2. The number of benzene rings is 1. The Morgan fingerprint density at radius 3 is 2.41 bits per heavy atom. The first-order valence-electron chi connectivity index (χ1n) is 10.7. The van der Waals surface area contributed by atoms with Gasteiger partial charge in [-0.15, -0.1) is 0 Å². The van der Waals surface area contributed by atoms with E-state index in [1.54, 1.807) is 24.8 Å². The summed E-state index contributed by atoms with van der Waals surface area (Å²) in [6.45, 7) is 4.09. The van der Waals surface area contributed by atoms with Gasteiger partial charge < -0.3 is 10.2 Å². The normalized spacial score (nSPS) is 19.9. The highest BCUT2D eigenvalue weighted by atomic mass is 35.5. The van der Waals surface area contributed by atoms with E-state index in [2.05, 4.69) is 5.32 Å². The first kappa shape index (κ1) is 26.5. The molecular formula is C21H28ClN3O7S2. The van der Waals surface area contributed by atoms with Gasteiger partial charge in [-0.05, 0) is 55.9 Å². The molecule has 1 saturated heterocycles. The van der Waals surface area contributed by atoms with Crippen molar-refractivity contribution in [3.63, 3.8) is 0 Å². The van der Waals surface area contributed by atoms with Gasteiger partial charge in [0.05, 0.1) is 24.2 Å². The van der Waals surface area contributed by atoms with Crippen LogP contribution in [-0.2, 0) is 33.9 Å². The van der Waals surface area contributed by atoms with Crippen LogP contribution in [0.15, 0.2) is 29.4 Å². The molecule has 10 nitrogen and oxygen atoms in total. The summed E-state index contributed by atoms with van der Waals surface area (Å²) in [7, 11) is -7.67. The van der Waals surface area contributed by atoms with Gasteiger partial charge in [0, 0.05) is 30.5 Å². The molecule has 1 fully saturated rings. The molecule has 1 aromatic rings. The van der Waals surface area contributed by atoms with Crippen LogP contribution in [0.2, 0.25) is 5.02 Å². The minimum absolute atomic E-state index is 0.00677. The van der Waals surface area contributed by atoms with Gasteiger partial charge in [0.25, 0.3) is 20.1 Å². The Kier molecular flexibility index (Phi) is 7.96. The van der Waals surface area contributed by atoms with Crippen LogP contribution in [0.1, 0.15) is 30.4 Å². The molecule has 2 aliphatic rings. The summed E-state index contributed by atoms with van der Waals surface area (Å²) in [5.74, 6) is -0.964. The number of carbonyl (C=O) groups excluding carboxylic acids is 2. The van der Waals surface area contributed by atoms with Gasteiger partial charge in [-0.2, -0.15) is 8.42 Å². The quantitative estimate of drug-likeness (QED) is 0.526. The number of hydrogen-bond acceptors (Lipinski definition) is 7. The zero-order valence-corrected chi connectivity index (χ0v) is 21.5. The van der Waals surface area contributed by atoms with Crippen molar-refractivity contribution in [2.75, 3.05) is 26.0 Å². The molecule has 2 amide bonds. The molecule has 0 aromatic heterocycles. The number of likely N-dealkylation sites (tertiary alicyclic amines) is 1. The number of amides is 2. The van der Waals surface area contributed by atoms with Crippen LogP contribution in [0.25, 0.3) is 0 Å². The third-order valence-corrected chi connectivity index (χ3v) is 8.82. The zero-order valence-electron chi connectivity index (χ0n) is 19.2. The lowest BCUT2D eigenvalue weighted by Crippen LogP contribution is -2.52. The van der Waals surface area contributed by atoms with Crippen molar-refractivity contribution >= 4 is 43.6 Å². The molecule has 34 heavy (non-hydrogen) atoms. The summed E-state index contributed by atoms with van der Waals surface area (Å²) in [5, 5.41) is 2.91. The van der Waals surface area contributed by atoms with E-state index in [0.29, 0.717) is 42.1 Å². The number of nitrogens with one attached hydrogen (secondary N) is 1. The number of nitrogens with zero attached hydrogens (tertiary/aromatic N) is 2. The van der Waals surface area contributed by atoms with Gasteiger partial charge in [-0.3, -0.25) is 18.1 Å². The minimum Gasteiger partial charge on any atom is -0.343 e. The second-order valence-corrected chi connectivity index (χ2v) is 12.4. The summed E-state index contributed by atoms with van der Waals surface area (Å²) < 4.78 is 55.0. The first-order chi connectivity index (χ1) is 15.8. The van der Waals surface area contributed by atoms with Gasteiger partial charge in [0.1, 0.15) is 6.04 Å². The van der Waals surface area contributed by atoms with Crippen LogP contribution in [0.3, 0.4) is 0 Å². The van der Waals surface area contributed by atoms with E-state index in [1.165, 1.54) is 18.5 Å². The molecule has 0 bridgehead atoms. The Hall–Kier alpha value is -2.15.